The standard InChI is InChI=1S/C13H20ClNO2S/c1-4-18(16,17)9-10(2)15-11(3)12-5-7-13(14)8-6-12/h5-8,10-11,15H,4,9H2,1-3H3/t10?,11-/m1/s1. The fourth-order valence-electron chi connectivity index (χ4n) is 1.82. The van der Waals surface area contributed by atoms with Crippen LogP contribution < -0.4 is 5.32 Å². The third-order valence-corrected chi connectivity index (χ3v) is 4.99. The number of hydrogen-bond donors (Lipinski definition) is 1. The van der Waals surface area contributed by atoms with E-state index in [4.69, 9.17) is 11.6 Å². The van der Waals surface area contributed by atoms with E-state index in [1.54, 1.807) is 6.92 Å². The minimum absolute atomic E-state index is 0.0689. The van der Waals surface area contributed by atoms with Crippen molar-refractivity contribution in [2.75, 3.05) is 11.5 Å². The first-order chi connectivity index (χ1) is 8.34. The summed E-state index contributed by atoms with van der Waals surface area (Å²) in [6.07, 6.45) is 0. The molecule has 0 spiro atoms. The highest BCUT2D eigenvalue weighted by atomic mass is 35.5. The third kappa shape index (κ3) is 4.96. The van der Waals surface area contributed by atoms with Crippen molar-refractivity contribution in [2.24, 2.45) is 0 Å². The molecular formula is C13H20ClNO2S. The van der Waals surface area contributed by atoms with Crippen molar-refractivity contribution in [3.63, 3.8) is 0 Å². The van der Waals surface area contributed by atoms with Crippen molar-refractivity contribution in [3.8, 4) is 0 Å². The van der Waals surface area contributed by atoms with Gasteiger partial charge in [0.2, 0.25) is 0 Å². The van der Waals surface area contributed by atoms with E-state index in [1.807, 2.05) is 38.1 Å². The van der Waals surface area contributed by atoms with E-state index < -0.39 is 9.84 Å². The van der Waals surface area contributed by atoms with Crippen molar-refractivity contribution >= 4 is 21.4 Å². The molecular weight excluding hydrogens is 270 g/mol. The summed E-state index contributed by atoms with van der Waals surface area (Å²) in [4.78, 5) is 0. The largest absolute Gasteiger partial charge is 0.307 e. The van der Waals surface area contributed by atoms with Crippen molar-refractivity contribution in [3.05, 3.63) is 34.9 Å². The van der Waals surface area contributed by atoms with Gasteiger partial charge in [-0.3, -0.25) is 0 Å². The number of rotatable bonds is 6. The molecule has 0 fully saturated rings. The Kier molecular flexibility index (Phi) is 5.63. The van der Waals surface area contributed by atoms with Gasteiger partial charge in [-0.1, -0.05) is 30.7 Å². The molecule has 0 radical (unpaired) electrons. The fourth-order valence-corrected chi connectivity index (χ4v) is 3.04. The minimum Gasteiger partial charge on any atom is -0.307 e. The van der Waals surface area contributed by atoms with E-state index in [1.165, 1.54) is 0 Å². The zero-order chi connectivity index (χ0) is 13.8. The summed E-state index contributed by atoms with van der Waals surface area (Å²) in [7, 11) is -2.94. The molecule has 0 heterocycles. The normalized spacial score (nSPS) is 15.3. The first kappa shape index (κ1) is 15.5. The van der Waals surface area contributed by atoms with Crippen LogP contribution in [-0.2, 0) is 9.84 Å². The van der Waals surface area contributed by atoms with Crippen LogP contribution in [0.3, 0.4) is 0 Å². The van der Waals surface area contributed by atoms with Crippen molar-refractivity contribution < 1.29 is 8.42 Å². The van der Waals surface area contributed by atoms with Crippen molar-refractivity contribution in [2.45, 2.75) is 32.9 Å². The molecule has 1 rings (SSSR count). The van der Waals surface area contributed by atoms with Crippen LogP contribution in [0.15, 0.2) is 24.3 Å². The summed E-state index contributed by atoms with van der Waals surface area (Å²) in [6, 6.07) is 7.59. The van der Waals surface area contributed by atoms with Crippen molar-refractivity contribution in [1.82, 2.24) is 5.32 Å². The summed E-state index contributed by atoms with van der Waals surface area (Å²) in [5.74, 6) is 0.357. The lowest BCUT2D eigenvalue weighted by molar-refractivity contribution is 0.500. The summed E-state index contributed by atoms with van der Waals surface area (Å²) in [5.41, 5.74) is 1.10. The lowest BCUT2D eigenvalue weighted by atomic mass is 10.1. The average molecular weight is 290 g/mol. The van der Waals surface area contributed by atoms with Crippen LogP contribution in [-0.4, -0.2) is 26.0 Å². The Morgan fingerprint density at radius 3 is 2.28 bits per heavy atom. The Labute approximate surface area is 114 Å². The Bertz CT molecular complexity index is 470. The van der Waals surface area contributed by atoms with Crippen molar-refractivity contribution in [1.29, 1.82) is 0 Å². The first-order valence-electron chi connectivity index (χ1n) is 6.06. The second-order valence-electron chi connectivity index (χ2n) is 4.54. The number of nitrogens with one attached hydrogen (secondary N) is 1. The van der Waals surface area contributed by atoms with Gasteiger partial charge < -0.3 is 5.32 Å². The molecule has 1 N–H and O–H groups in total. The maximum atomic E-state index is 11.5. The predicted octanol–water partition coefficient (Wildman–Crippen LogP) is 2.81. The zero-order valence-electron chi connectivity index (χ0n) is 11.0. The van der Waals surface area contributed by atoms with Crippen LogP contribution in [0.25, 0.3) is 0 Å². The zero-order valence-corrected chi connectivity index (χ0v) is 12.6. The SMILES string of the molecule is CCS(=O)(=O)CC(C)N[C@H](C)c1ccc(Cl)cc1. The summed E-state index contributed by atoms with van der Waals surface area (Å²) in [6.45, 7) is 5.57. The van der Waals surface area contributed by atoms with Gasteiger partial charge in [0.25, 0.3) is 0 Å². The van der Waals surface area contributed by atoms with Crippen LogP contribution in [0.1, 0.15) is 32.4 Å². The Morgan fingerprint density at radius 2 is 1.78 bits per heavy atom. The molecule has 1 unspecified atom stereocenters. The molecule has 1 aromatic carbocycles. The molecule has 2 atom stereocenters. The van der Waals surface area contributed by atoms with Gasteiger partial charge in [-0.2, -0.15) is 0 Å². The van der Waals surface area contributed by atoms with E-state index in [-0.39, 0.29) is 23.6 Å². The number of benzene rings is 1. The number of sulfone groups is 1. The average Bonchev–Trinajstić information content (AvgIpc) is 2.29. The van der Waals surface area contributed by atoms with Crippen LogP contribution >= 0.6 is 11.6 Å². The van der Waals surface area contributed by atoms with E-state index in [2.05, 4.69) is 5.32 Å². The van der Waals surface area contributed by atoms with E-state index in [0.717, 1.165) is 5.56 Å². The second-order valence-corrected chi connectivity index (χ2v) is 7.37. The molecule has 3 nitrogen and oxygen atoms in total. The van der Waals surface area contributed by atoms with E-state index in [9.17, 15) is 8.42 Å². The van der Waals surface area contributed by atoms with Crippen LogP contribution in [0.2, 0.25) is 5.02 Å². The van der Waals surface area contributed by atoms with Gasteiger partial charge in [-0.25, -0.2) is 8.42 Å². The number of hydrogen-bond acceptors (Lipinski definition) is 3. The molecule has 0 amide bonds. The monoisotopic (exact) mass is 289 g/mol. The smallest absolute Gasteiger partial charge is 0.151 e. The van der Waals surface area contributed by atoms with Gasteiger partial charge in [0, 0.05) is 22.9 Å². The van der Waals surface area contributed by atoms with Gasteiger partial charge in [0.15, 0.2) is 9.84 Å². The molecule has 0 aromatic heterocycles. The summed E-state index contributed by atoms with van der Waals surface area (Å²) in [5, 5.41) is 3.99. The van der Waals surface area contributed by atoms with Gasteiger partial charge in [0.1, 0.15) is 0 Å². The topological polar surface area (TPSA) is 46.2 Å². The predicted molar refractivity (Wildman–Crippen MR) is 76.8 cm³/mol. The van der Waals surface area contributed by atoms with Gasteiger partial charge in [0.05, 0.1) is 5.75 Å². The number of halogens is 1. The lowest BCUT2D eigenvalue weighted by Gasteiger charge is -2.20. The molecule has 102 valence electrons. The van der Waals surface area contributed by atoms with Gasteiger partial charge in [-0.05, 0) is 31.5 Å². The maximum absolute atomic E-state index is 11.5. The molecule has 5 heteroatoms. The van der Waals surface area contributed by atoms with Gasteiger partial charge >= 0.3 is 0 Å². The molecule has 0 saturated heterocycles. The molecule has 0 aliphatic carbocycles. The van der Waals surface area contributed by atoms with Crippen LogP contribution in [0, 0.1) is 0 Å². The molecule has 18 heavy (non-hydrogen) atoms. The highest BCUT2D eigenvalue weighted by Gasteiger charge is 2.16. The van der Waals surface area contributed by atoms with E-state index in [0.29, 0.717) is 5.02 Å². The quantitative estimate of drug-likeness (QED) is 0.876. The Balaban J connectivity index is 2.59. The second kappa shape index (κ2) is 6.55. The lowest BCUT2D eigenvalue weighted by Crippen LogP contribution is -2.35. The third-order valence-electron chi connectivity index (χ3n) is 2.85. The van der Waals surface area contributed by atoms with E-state index >= 15 is 0 Å². The molecule has 1 aromatic rings. The first-order valence-corrected chi connectivity index (χ1v) is 8.26. The Morgan fingerprint density at radius 1 is 1.22 bits per heavy atom. The minimum atomic E-state index is -2.94. The van der Waals surface area contributed by atoms with Crippen LogP contribution in [0.5, 0.6) is 0 Å². The highest BCUT2D eigenvalue weighted by molar-refractivity contribution is 7.91. The molecule has 0 saturated carbocycles. The fraction of sp³-hybridized carbons (Fsp3) is 0.538. The van der Waals surface area contributed by atoms with Crippen LogP contribution in [0.4, 0.5) is 0 Å². The van der Waals surface area contributed by atoms with Gasteiger partial charge in [-0.15, -0.1) is 0 Å². The Hall–Kier alpha value is -0.580. The molecule has 0 aliphatic heterocycles. The highest BCUT2D eigenvalue weighted by Crippen LogP contribution is 2.16. The summed E-state index contributed by atoms with van der Waals surface area (Å²) < 4.78 is 23.0. The molecule has 0 bridgehead atoms. The molecule has 0 aliphatic rings. The maximum Gasteiger partial charge on any atom is 0.151 e. The summed E-state index contributed by atoms with van der Waals surface area (Å²) >= 11 is 5.83.